The fourth-order valence-electron chi connectivity index (χ4n) is 4.07. The summed E-state index contributed by atoms with van der Waals surface area (Å²) in [6, 6.07) is 15.7. The molecule has 1 aromatic heterocycles. The van der Waals surface area contributed by atoms with Crippen LogP contribution in [0, 0.1) is 18.3 Å². The number of aryl methyl sites for hydroxylation is 1. The minimum Gasteiger partial charge on any atom is -0.444 e. The number of para-hydroxylation sites is 1. The molecule has 4 rings (SSSR count). The lowest BCUT2D eigenvalue weighted by Crippen LogP contribution is -2.48. The Hall–Kier alpha value is -3.69. The third-order valence-electron chi connectivity index (χ3n) is 6.13. The van der Waals surface area contributed by atoms with Gasteiger partial charge in [-0.05, 0) is 30.7 Å². The molecular formula is C26H26F3N5O3S. The monoisotopic (exact) mass is 545 g/mol. The van der Waals surface area contributed by atoms with Gasteiger partial charge < -0.3 is 18.4 Å². The molecule has 0 radical (unpaired) electrons. The lowest BCUT2D eigenvalue weighted by molar-refractivity contribution is -0.0370. The molecule has 0 N–H and O–H groups in total. The van der Waals surface area contributed by atoms with Crippen molar-refractivity contribution in [3.05, 3.63) is 82.9 Å². The summed E-state index contributed by atoms with van der Waals surface area (Å²) in [5, 5.41) is 9.00. The van der Waals surface area contributed by atoms with E-state index in [-0.39, 0.29) is 12.4 Å². The third-order valence-corrected chi connectivity index (χ3v) is 6.58. The van der Waals surface area contributed by atoms with E-state index < -0.39 is 23.6 Å². The SMILES string of the molecule is Cc1ncc(CN2CCN(C(=O)OCc3ccccc3OSC(F)(F)F)CC2)n1Cc1ccc(C#N)cc1. The number of carbonyl (C=O) groups excluding carboxylic acids is 1. The summed E-state index contributed by atoms with van der Waals surface area (Å²) in [6.07, 6.45) is 1.33. The summed E-state index contributed by atoms with van der Waals surface area (Å²) in [7, 11) is 0. The van der Waals surface area contributed by atoms with Gasteiger partial charge in [0.15, 0.2) is 12.0 Å². The Balaban J connectivity index is 1.27. The Labute approximate surface area is 222 Å². The number of carbonyl (C=O) groups is 1. The second kappa shape index (κ2) is 12.2. The van der Waals surface area contributed by atoms with Gasteiger partial charge in [-0.3, -0.25) is 4.90 Å². The largest absolute Gasteiger partial charge is 0.479 e. The van der Waals surface area contributed by atoms with Gasteiger partial charge in [-0.25, -0.2) is 9.78 Å². The number of rotatable bonds is 8. The van der Waals surface area contributed by atoms with E-state index in [9.17, 15) is 18.0 Å². The van der Waals surface area contributed by atoms with Crippen LogP contribution in [0.25, 0.3) is 0 Å². The third kappa shape index (κ3) is 7.43. The molecule has 3 aromatic rings. The van der Waals surface area contributed by atoms with Crippen molar-refractivity contribution >= 4 is 18.1 Å². The van der Waals surface area contributed by atoms with E-state index in [1.165, 1.54) is 6.07 Å². The number of amides is 1. The average molecular weight is 546 g/mol. The minimum atomic E-state index is -4.54. The molecule has 8 nitrogen and oxygen atoms in total. The summed E-state index contributed by atoms with van der Waals surface area (Å²) >= 11 is -0.606. The Morgan fingerprint density at radius 3 is 2.47 bits per heavy atom. The highest BCUT2D eigenvalue weighted by atomic mass is 32.2. The smallest absolute Gasteiger partial charge is 0.444 e. The standard InChI is InChI=1S/C26H26F3N5O3S/c1-19-31-15-23(34(19)16-21-8-6-20(14-30)7-9-21)17-32-10-12-33(13-11-32)25(35)36-18-22-4-2-3-5-24(22)37-38-26(27,28)29/h2-9,15H,10-13,16-18H2,1H3. The first-order valence-electron chi connectivity index (χ1n) is 11.9. The van der Waals surface area contributed by atoms with Crippen LogP contribution in [0.4, 0.5) is 18.0 Å². The van der Waals surface area contributed by atoms with Gasteiger partial charge in [0, 0.05) is 51.0 Å². The Morgan fingerprint density at radius 2 is 1.79 bits per heavy atom. The number of nitriles is 1. The van der Waals surface area contributed by atoms with E-state index in [4.69, 9.17) is 14.2 Å². The lowest BCUT2D eigenvalue weighted by atomic mass is 10.1. The van der Waals surface area contributed by atoms with Gasteiger partial charge in [0.2, 0.25) is 0 Å². The van der Waals surface area contributed by atoms with Crippen molar-refractivity contribution in [2.24, 2.45) is 0 Å². The molecule has 0 bridgehead atoms. The Kier molecular flexibility index (Phi) is 8.81. The molecule has 0 saturated carbocycles. The maximum Gasteiger partial charge on any atom is 0.479 e. The van der Waals surface area contributed by atoms with E-state index in [0.717, 1.165) is 17.1 Å². The highest BCUT2D eigenvalue weighted by molar-refractivity contribution is 7.95. The zero-order valence-corrected chi connectivity index (χ0v) is 21.5. The van der Waals surface area contributed by atoms with Crippen LogP contribution in [-0.2, 0) is 24.4 Å². The number of ether oxygens (including phenoxy) is 1. The first-order chi connectivity index (χ1) is 18.2. The fourth-order valence-corrected chi connectivity index (χ4v) is 4.42. The molecule has 1 fully saturated rings. The molecule has 200 valence electrons. The number of piperazine rings is 1. The number of hydrogen-bond donors (Lipinski definition) is 0. The first kappa shape index (κ1) is 27.3. The summed E-state index contributed by atoms with van der Waals surface area (Å²) in [4.78, 5) is 20.9. The maximum absolute atomic E-state index is 12.6. The predicted molar refractivity (Wildman–Crippen MR) is 135 cm³/mol. The van der Waals surface area contributed by atoms with Gasteiger partial charge in [0.1, 0.15) is 18.2 Å². The average Bonchev–Trinajstić information content (AvgIpc) is 3.25. The topological polar surface area (TPSA) is 83.6 Å². The van der Waals surface area contributed by atoms with Gasteiger partial charge in [0.25, 0.3) is 0 Å². The van der Waals surface area contributed by atoms with Crippen LogP contribution in [0.3, 0.4) is 0 Å². The highest BCUT2D eigenvalue weighted by Crippen LogP contribution is 2.34. The molecule has 1 saturated heterocycles. The van der Waals surface area contributed by atoms with Crippen molar-refractivity contribution in [2.45, 2.75) is 32.1 Å². The van der Waals surface area contributed by atoms with E-state index in [2.05, 4.69) is 20.5 Å². The molecule has 2 aromatic carbocycles. The number of halogens is 3. The van der Waals surface area contributed by atoms with Gasteiger partial charge in [0.05, 0.1) is 17.3 Å². The summed E-state index contributed by atoms with van der Waals surface area (Å²) in [6.45, 7) is 5.27. The molecule has 0 unspecified atom stereocenters. The summed E-state index contributed by atoms with van der Waals surface area (Å²) in [5.41, 5.74) is -1.45. The quantitative estimate of drug-likeness (QED) is 0.364. The molecule has 2 heterocycles. The van der Waals surface area contributed by atoms with Crippen LogP contribution in [0.5, 0.6) is 5.75 Å². The van der Waals surface area contributed by atoms with E-state index in [1.807, 2.05) is 25.3 Å². The fraction of sp³-hybridized carbons (Fsp3) is 0.346. The molecule has 1 aliphatic heterocycles. The minimum absolute atomic E-state index is 0.000330. The summed E-state index contributed by atoms with van der Waals surface area (Å²) in [5.74, 6) is 0.893. The zero-order chi connectivity index (χ0) is 27.1. The van der Waals surface area contributed by atoms with Crippen molar-refractivity contribution in [2.75, 3.05) is 26.2 Å². The number of hydrogen-bond acceptors (Lipinski definition) is 7. The molecule has 12 heteroatoms. The van der Waals surface area contributed by atoms with Crippen LogP contribution < -0.4 is 4.18 Å². The van der Waals surface area contributed by atoms with E-state index >= 15 is 0 Å². The van der Waals surface area contributed by atoms with Crippen molar-refractivity contribution < 1.29 is 26.9 Å². The summed E-state index contributed by atoms with van der Waals surface area (Å²) < 4.78 is 49.7. The molecular weight excluding hydrogens is 519 g/mol. The number of aromatic nitrogens is 2. The number of nitrogens with zero attached hydrogens (tertiary/aromatic N) is 5. The van der Waals surface area contributed by atoms with Crippen LogP contribution >= 0.6 is 12.0 Å². The van der Waals surface area contributed by atoms with Gasteiger partial charge in [-0.15, -0.1) is 0 Å². The highest BCUT2D eigenvalue weighted by Gasteiger charge is 2.32. The van der Waals surface area contributed by atoms with Crippen LogP contribution in [0.1, 0.15) is 28.2 Å². The molecule has 0 spiro atoms. The van der Waals surface area contributed by atoms with Crippen molar-refractivity contribution in [1.29, 1.82) is 5.26 Å². The molecule has 1 aliphatic rings. The zero-order valence-electron chi connectivity index (χ0n) is 20.6. The van der Waals surface area contributed by atoms with Gasteiger partial charge in [-0.1, -0.05) is 30.3 Å². The molecule has 1 amide bonds. The van der Waals surface area contributed by atoms with Crippen molar-refractivity contribution in [1.82, 2.24) is 19.4 Å². The van der Waals surface area contributed by atoms with E-state index in [1.54, 1.807) is 35.2 Å². The van der Waals surface area contributed by atoms with Crippen LogP contribution in [-0.4, -0.2) is 57.1 Å². The predicted octanol–water partition coefficient (Wildman–Crippen LogP) is 5.11. The Morgan fingerprint density at radius 1 is 1.08 bits per heavy atom. The number of benzene rings is 2. The van der Waals surface area contributed by atoms with Crippen LogP contribution in [0.2, 0.25) is 0 Å². The van der Waals surface area contributed by atoms with Gasteiger partial charge >= 0.3 is 11.6 Å². The van der Waals surface area contributed by atoms with E-state index in [0.29, 0.717) is 50.4 Å². The van der Waals surface area contributed by atoms with Crippen molar-refractivity contribution in [3.63, 3.8) is 0 Å². The molecule has 0 atom stereocenters. The first-order valence-corrected chi connectivity index (χ1v) is 12.6. The lowest BCUT2D eigenvalue weighted by Gasteiger charge is -2.34. The Bertz CT molecular complexity index is 1280. The van der Waals surface area contributed by atoms with Crippen molar-refractivity contribution in [3.8, 4) is 11.8 Å². The molecule has 38 heavy (non-hydrogen) atoms. The van der Waals surface area contributed by atoms with Crippen LogP contribution in [0.15, 0.2) is 54.7 Å². The number of alkyl halides is 3. The number of imidazole rings is 1. The van der Waals surface area contributed by atoms with Gasteiger partial charge in [-0.2, -0.15) is 18.4 Å². The second-order valence-electron chi connectivity index (χ2n) is 8.73. The second-order valence-corrected chi connectivity index (χ2v) is 9.53. The maximum atomic E-state index is 12.6. The normalized spacial score (nSPS) is 14.2. The molecule has 0 aliphatic carbocycles.